The highest BCUT2D eigenvalue weighted by Gasteiger charge is 2.19. The van der Waals surface area contributed by atoms with E-state index < -0.39 is 5.91 Å². The van der Waals surface area contributed by atoms with E-state index in [9.17, 15) is 4.79 Å². The van der Waals surface area contributed by atoms with Crippen molar-refractivity contribution >= 4 is 44.8 Å². The molecule has 2 rings (SSSR count). The first-order valence-electron chi connectivity index (χ1n) is 6.00. The topological polar surface area (TPSA) is 83.8 Å². The molecule has 7 heteroatoms. The third kappa shape index (κ3) is 2.96. The lowest BCUT2D eigenvalue weighted by atomic mass is 10.1. The van der Waals surface area contributed by atoms with Crippen LogP contribution in [-0.2, 0) is 0 Å². The number of nitrogens with two attached hydrogens (primary N) is 1. The SMILES string of the molecule is CC(C)c1[nH]nc(C(=O)Nc2cc(Br)ccc2Cl)c1N. The van der Waals surface area contributed by atoms with Crippen molar-refractivity contribution in [3.05, 3.63) is 39.1 Å². The number of hydrogen-bond acceptors (Lipinski definition) is 3. The van der Waals surface area contributed by atoms with Crippen LogP contribution in [0.25, 0.3) is 0 Å². The summed E-state index contributed by atoms with van der Waals surface area (Å²) in [5.74, 6) is -0.232. The molecule has 0 aliphatic heterocycles. The van der Waals surface area contributed by atoms with E-state index in [1.165, 1.54) is 0 Å². The molecule has 0 fully saturated rings. The Balaban J connectivity index is 2.26. The molecule has 2 aromatic rings. The fourth-order valence-electron chi connectivity index (χ4n) is 1.75. The number of aromatic amines is 1. The summed E-state index contributed by atoms with van der Waals surface area (Å²) < 4.78 is 0.815. The lowest BCUT2D eigenvalue weighted by Gasteiger charge is -2.07. The minimum Gasteiger partial charge on any atom is -0.395 e. The molecule has 0 saturated carbocycles. The lowest BCUT2D eigenvalue weighted by Crippen LogP contribution is -2.14. The number of carbonyl (C=O) groups excluding carboxylic acids is 1. The smallest absolute Gasteiger partial charge is 0.278 e. The Hall–Kier alpha value is -1.53. The molecular weight excluding hydrogens is 344 g/mol. The van der Waals surface area contributed by atoms with Crippen LogP contribution in [0.4, 0.5) is 11.4 Å². The quantitative estimate of drug-likeness (QED) is 0.781. The second-order valence-electron chi connectivity index (χ2n) is 4.63. The van der Waals surface area contributed by atoms with E-state index in [0.29, 0.717) is 16.4 Å². The molecule has 106 valence electrons. The monoisotopic (exact) mass is 356 g/mol. The molecule has 20 heavy (non-hydrogen) atoms. The van der Waals surface area contributed by atoms with Crippen molar-refractivity contribution in [3.63, 3.8) is 0 Å². The molecule has 0 aliphatic rings. The van der Waals surface area contributed by atoms with Gasteiger partial charge in [-0.3, -0.25) is 9.89 Å². The Morgan fingerprint density at radius 2 is 2.20 bits per heavy atom. The first-order chi connectivity index (χ1) is 9.40. The standard InChI is InChI=1S/C13H14BrClN4O/c1-6(2)11-10(16)12(19-18-11)13(20)17-9-5-7(14)3-4-8(9)15/h3-6H,16H2,1-2H3,(H,17,20)(H,18,19). The number of aromatic nitrogens is 2. The summed E-state index contributed by atoms with van der Waals surface area (Å²) in [6, 6.07) is 5.19. The highest BCUT2D eigenvalue weighted by Crippen LogP contribution is 2.27. The van der Waals surface area contributed by atoms with Gasteiger partial charge >= 0.3 is 0 Å². The third-order valence-corrected chi connectivity index (χ3v) is 3.63. The predicted molar refractivity (Wildman–Crippen MR) is 84.2 cm³/mol. The molecule has 0 atom stereocenters. The molecular formula is C13H14BrClN4O. The molecule has 0 saturated heterocycles. The molecule has 5 nitrogen and oxygen atoms in total. The highest BCUT2D eigenvalue weighted by atomic mass is 79.9. The van der Waals surface area contributed by atoms with Crippen LogP contribution in [-0.4, -0.2) is 16.1 Å². The summed E-state index contributed by atoms with van der Waals surface area (Å²) >= 11 is 9.35. The summed E-state index contributed by atoms with van der Waals surface area (Å²) in [4.78, 5) is 12.2. The Morgan fingerprint density at radius 1 is 1.50 bits per heavy atom. The zero-order valence-corrected chi connectivity index (χ0v) is 13.3. The number of nitrogens with zero attached hydrogens (tertiary/aromatic N) is 1. The molecule has 0 spiro atoms. The fraction of sp³-hybridized carbons (Fsp3) is 0.231. The van der Waals surface area contributed by atoms with Crippen LogP contribution in [0, 0.1) is 0 Å². The van der Waals surface area contributed by atoms with E-state index in [-0.39, 0.29) is 11.6 Å². The van der Waals surface area contributed by atoms with Crippen molar-refractivity contribution in [1.82, 2.24) is 10.2 Å². The number of nitrogen functional groups attached to an aromatic ring is 1. The zero-order chi connectivity index (χ0) is 14.9. The van der Waals surface area contributed by atoms with Crippen LogP contribution in [0.2, 0.25) is 5.02 Å². The van der Waals surface area contributed by atoms with Gasteiger partial charge in [-0.1, -0.05) is 41.4 Å². The normalized spacial score (nSPS) is 10.8. The zero-order valence-electron chi connectivity index (χ0n) is 11.0. The Labute approximate surface area is 130 Å². The molecule has 0 aliphatic carbocycles. The van der Waals surface area contributed by atoms with Crippen LogP contribution in [0.1, 0.15) is 35.9 Å². The van der Waals surface area contributed by atoms with Gasteiger partial charge in [0.25, 0.3) is 5.91 Å². The first-order valence-corrected chi connectivity index (χ1v) is 7.17. The van der Waals surface area contributed by atoms with Gasteiger partial charge in [0.2, 0.25) is 0 Å². The van der Waals surface area contributed by atoms with Crippen LogP contribution in [0.15, 0.2) is 22.7 Å². The summed E-state index contributed by atoms with van der Waals surface area (Å²) in [7, 11) is 0. The summed E-state index contributed by atoms with van der Waals surface area (Å²) in [6.45, 7) is 3.94. The second-order valence-corrected chi connectivity index (χ2v) is 5.96. The minimum atomic E-state index is -0.398. The number of amides is 1. The van der Waals surface area contributed by atoms with Gasteiger partial charge in [0.15, 0.2) is 5.69 Å². The minimum absolute atomic E-state index is 0.165. The van der Waals surface area contributed by atoms with Crippen LogP contribution in [0.5, 0.6) is 0 Å². The van der Waals surface area contributed by atoms with Crippen molar-refractivity contribution in [3.8, 4) is 0 Å². The average Bonchev–Trinajstić information content (AvgIpc) is 2.76. The van der Waals surface area contributed by atoms with Crippen molar-refractivity contribution in [2.75, 3.05) is 11.1 Å². The van der Waals surface area contributed by atoms with E-state index in [2.05, 4.69) is 31.4 Å². The third-order valence-electron chi connectivity index (χ3n) is 2.80. The number of carbonyl (C=O) groups is 1. The molecule has 1 aromatic carbocycles. The Morgan fingerprint density at radius 3 is 2.80 bits per heavy atom. The van der Waals surface area contributed by atoms with E-state index in [1.807, 2.05) is 13.8 Å². The number of nitrogens with one attached hydrogen (secondary N) is 2. The largest absolute Gasteiger partial charge is 0.395 e. The van der Waals surface area contributed by atoms with Gasteiger partial charge in [0, 0.05) is 4.47 Å². The molecule has 0 radical (unpaired) electrons. The van der Waals surface area contributed by atoms with Gasteiger partial charge in [-0.25, -0.2) is 0 Å². The first kappa shape index (κ1) is 14.9. The van der Waals surface area contributed by atoms with Gasteiger partial charge in [-0.05, 0) is 24.1 Å². The number of H-pyrrole nitrogens is 1. The fourth-order valence-corrected chi connectivity index (χ4v) is 2.28. The van der Waals surface area contributed by atoms with E-state index in [4.69, 9.17) is 17.3 Å². The number of benzene rings is 1. The van der Waals surface area contributed by atoms with E-state index in [0.717, 1.165) is 10.2 Å². The number of anilines is 2. The van der Waals surface area contributed by atoms with Crippen LogP contribution >= 0.6 is 27.5 Å². The average molecular weight is 358 g/mol. The lowest BCUT2D eigenvalue weighted by molar-refractivity contribution is 0.102. The predicted octanol–water partition coefficient (Wildman–Crippen LogP) is 3.78. The van der Waals surface area contributed by atoms with Gasteiger partial charge in [0.1, 0.15) is 0 Å². The summed E-state index contributed by atoms with van der Waals surface area (Å²) in [5.41, 5.74) is 7.71. The van der Waals surface area contributed by atoms with Crippen molar-refractivity contribution in [2.24, 2.45) is 0 Å². The number of hydrogen-bond donors (Lipinski definition) is 3. The molecule has 1 heterocycles. The van der Waals surface area contributed by atoms with Gasteiger partial charge < -0.3 is 11.1 Å². The maximum Gasteiger partial charge on any atom is 0.278 e. The van der Waals surface area contributed by atoms with Crippen molar-refractivity contribution < 1.29 is 4.79 Å². The van der Waals surface area contributed by atoms with Gasteiger partial charge in [0.05, 0.1) is 22.1 Å². The number of rotatable bonds is 3. The molecule has 1 amide bonds. The van der Waals surface area contributed by atoms with Crippen molar-refractivity contribution in [1.29, 1.82) is 0 Å². The summed E-state index contributed by atoms with van der Waals surface area (Å²) in [6.07, 6.45) is 0. The second kappa shape index (κ2) is 5.85. The molecule has 1 aromatic heterocycles. The van der Waals surface area contributed by atoms with E-state index in [1.54, 1.807) is 18.2 Å². The highest BCUT2D eigenvalue weighted by molar-refractivity contribution is 9.10. The van der Waals surface area contributed by atoms with Crippen LogP contribution in [0.3, 0.4) is 0 Å². The Kier molecular flexibility index (Phi) is 4.35. The molecule has 0 bridgehead atoms. The van der Waals surface area contributed by atoms with Gasteiger partial charge in [-0.15, -0.1) is 0 Å². The maximum atomic E-state index is 12.2. The maximum absolute atomic E-state index is 12.2. The van der Waals surface area contributed by atoms with Crippen LogP contribution < -0.4 is 11.1 Å². The molecule has 0 unspecified atom stereocenters. The van der Waals surface area contributed by atoms with E-state index >= 15 is 0 Å². The Bertz CT molecular complexity index is 654. The van der Waals surface area contributed by atoms with Crippen molar-refractivity contribution in [2.45, 2.75) is 19.8 Å². The molecule has 4 N–H and O–H groups in total. The number of halogens is 2. The van der Waals surface area contributed by atoms with Gasteiger partial charge in [-0.2, -0.15) is 5.10 Å². The summed E-state index contributed by atoms with van der Waals surface area (Å²) in [5, 5.41) is 9.90.